The Morgan fingerprint density at radius 2 is 2.06 bits per heavy atom. The van der Waals surface area contributed by atoms with Gasteiger partial charge >= 0.3 is 5.97 Å². The molecule has 0 aliphatic heterocycles. The molecule has 0 spiro atoms. The summed E-state index contributed by atoms with van der Waals surface area (Å²) in [5.74, 6) is -1.45. The molecule has 7 nitrogen and oxygen atoms in total. The van der Waals surface area contributed by atoms with E-state index in [1.807, 2.05) is 0 Å². The Balaban J connectivity index is 3.62. The van der Waals surface area contributed by atoms with Crippen molar-refractivity contribution in [3.05, 3.63) is 21.9 Å². The highest BCUT2D eigenvalue weighted by Crippen LogP contribution is 2.17. The number of hydrogen-bond acceptors (Lipinski definition) is 6. The van der Waals surface area contributed by atoms with Gasteiger partial charge in [0.15, 0.2) is 5.69 Å². The van der Waals surface area contributed by atoms with Gasteiger partial charge in [-0.15, -0.1) is 0 Å². The molecule has 0 aromatic carbocycles. The molecule has 0 saturated heterocycles. The third-order valence-electron chi connectivity index (χ3n) is 2.22. The first-order valence-electron chi connectivity index (χ1n) is 4.87. The van der Waals surface area contributed by atoms with Crippen LogP contribution in [0.3, 0.4) is 0 Å². The van der Waals surface area contributed by atoms with E-state index in [0.29, 0.717) is 0 Å². The molecule has 0 aliphatic carbocycles. The monoisotopic (exact) mass is 241 g/mol. The summed E-state index contributed by atoms with van der Waals surface area (Å²) < 4.78 is 5.53. The topological polar surface area (TPSA) is 107 Å². The summed E-state index contributed by atoms with van der Waals surface area (Å²) in [7, 11) is 2.55. The second-order valence-electron chi connectivity index (χ2n) is 4.21. The van der Waals surface area contributed by atoms with Gasteiger partial charge in [-0.1, -0.05) is 0 Å². The second-order valence-corrected chi connectivity index (χ2v) is 4.21. The number of ether oxygens (including phenoxy) is 1. The van der Waals surface area contributed by atoms with Crippen LogP contribution in [0.5, 0.6) is 5.75 Å². The molecule has 0 bridgehead atoms. The highest BCUT2D eigenvalue weighted by Gasteiger charge is 2.26. The van der Waals surface area contributed by atoms with Gasteiger partial charge in [0.05, 0.1) is 12.6 Å². The summed E-state index contributed by atoms with van der Waals surface area (Å²) in [6.07, 6.45) is 0. The van der Waals surface area contributed by atoms with E-state index in [1.54, 1.807) is 13.8 Å². The summed E-state index contributed by atoms with van der Waals surface area (Å²) in [6, 6.07) is 0. The highest BCUT2D eigenvalue weighted by molar-refractivity contribution is 5.89. The van der Waals surface area contributed by atoms with Crippen LogP contribution in [-0.2, 0) is 17.3 Å². The fourth-order valence-corrected chi connectivity index (χ4v) is 1.41. The Morgan fingerprint density at radius 3 is 2.47 bits per heavy atom. The quantitative estimate of drug-likeness (QED) is 0.674. The Hall–Kier alpha value is -1.89. The lowest BCUT2D eigenvalue weighted by molar-refractivity contribution is 0.0588. The number of rotatable bonds is 2. The van der Waals surface area contributed by atoms with Crippen LogP contribution in [-0.4, -0.2) is 27.7 Å². The number of nitrogens with two attached hydrogens (primary N) is 1. The summed E-state index contributed by atoms with van der Waals surface area (Å²) in [5.41, 5.74) is 3.74. The summed E-state index contributed by atoms with van der Waals surface area (Å²) >= 11 is 0. The molecule has 1 heterocycles. The zero-order chi connectivity index (χ0) is 13.4. The van der Waals surface area contributed by atoms with Crippen LogP contribution in [0.1, 0.15) is 30.2 Å². The third-order valence-corrected chi connectivity index (χ3v) is 2.22. The average molecular weight is 241 g/mol. The van der Waals surface area contributed by atoms with Gasteiger partial charge in [-0.25, -0.2) is 9.78 Å². The Morgan fingerprint density at radius 1 is 1.53 bits per heavy atom. The van der Waals surface area contributed by atoms with Crippen molar-refractivity contribution >= 4 is 5.97 Å². The Labute approximate surface area is 97.8 Å². The van der Waals surface area contributed by atoms with Gasteiger partial charge in [-0.05, 0) is 13.8 Å². The average Bonchev–Trinajstić information content (AvgIpc) is 2.23. The maximum atomic E-state index is 11.7. The summed E-state index contributed by atoms with van der Waals surface area (Å²) in [6.45, 7) is 3.26. The van der Waals surface area contributed by atoms with Crippen LogP contribution in [0.25, 0.3) is 0 Å². The molecule has 0 unspecified atom stereocenters. The number of aromatic nitrogens is 2. The molecule has 94 valence electrons. The van der Waals surface area contributed by atoms with Gasteiger partial charge < -0.3 is 15.6 Å². The molecule has 0 radical (unpaired) electrons. The van der Waals surface area contributed by atoms with Crippen LogP contribution in [0.4, 0.5) is 0 Å². The number of carbonyl (C=O) groups excluding carboxylic acids is 1. The fourth-order valence-electron chi connectivity index (χ4n) is 1.41. The van der Waals surface area contributed by atoms with E-state index < -0.39 is 28.5 Å². The molecule has 0 atom stereocenters. The van der Waals surface area contributed by atoms with Crippen LogP contribution in [0.15, 0.2) is 4.79 Å². The predicted octanol–water partition coefficient (Wildman–Crippen LogP) is -0.534. The summed E-state index contributed by atoms with van der Waals surface area (Å²) in [4.78, 5) is 26.9. The lowest BCUT2D eigenvalue weighted by Gasteiger charge is -2.21. The molecule has 1 aromatic rings. The number of esters is 1. The van der Waals surface area contributed by atoms with Crippen molar-refractivity contribution in [2.45, 2.75) is 19.4 Å². The normalized spacial score (nSPS) is 11.4. The largest absolute Gasteiger partial charge is 0.501 e. The minimum absolute atomic E-state index is 0.181. The van der Waals surface area contributed by atoms with E-state index in [1.165, 1.54) is 7.05 Å². The van der Waals surface area contributed by atoms with E-state index in [2.05, 4.69) is 9.72 Å². The lowest BCUT2D eigenvalue weighted by atomic mass is 10.1. The number of hydrogen-bond donors (Lipinski definition) is 2. The molecule has 0 amide bonds. The molecular formula is C10H15N3O4. The number of aromatic hydroxyl groups is 1. The first-order valence-corrected chi connectivity index (χ1v) is 4.87. The maximum absolute atomic E-state index is 11.7. The van der Waals surface area contributed by atoms with Gasteiger partial charge in [0.1, 0.15) is 5.82 Å². The molecule has 0 fully saturated rings. The van der Waals surface area contributed by atoms with E-state index in [0.717, 1.165) is 11.7 Å². The van der Waals surface area contributed by atoms with E-state index in [9.17, 15) is 14.7 Å². The van der Waals surface area contributed by atoms with Crippen molar-refractivity contribution in [3.8, 4) is 5.75 Å². The van der Waals surface area contributed by atoms with Gasteiger partial charge in [-0.3, -0.25) is 9.36 Å². The first-order chi connectivity index (χ1) is 7.70. The number of methoxy groups -OCH3 is 1. The zero-order valence-corrected chi connectivity index (χ0v) is 10.1. The van der Waals surface area contributed by atoms with E-state index in [4.69, 9.17) is 5.73 Å². The predicted molar refractivity (Wildman–Crippen MR) is 59.7 cm³/mol. The van der Waals surface area contributed by atoms with Crippen molar-refractivity contribution in [2.75, 3.05) is 7.11 Å². The molecule has 0 saturated carbocycles. The number of carbonyl (C=O) groups is 1. The third kappa shape index (κ3) is 2.28. The van der Waals surface area contributed by atoms with Crippen LogP contribution >= 0.6 is 0 Å². The van der Waals surface area contributed by atoms with E-state index in [-0.39, 0.29) is 5.82 Å². The van der Waals surface area contributed by atoms with Crippen molar-refractivity contribution < 1.29 is 14.6 Å². The maximum Gasteiger partial charge on any atom is 0.360 e. The van der Waals surface area contributed by atoms with Crippen molar-refractivity contribution in [2.24, 2.45) is 12.8 Å². The van der Waals surface area contributed by atoms with Crippen molar-refractivity contribution in [3.63, 3.8) is 0 Å². The number of nitrogens with zero attached hydrogens (tertiary/aromatic N) is 2. The van der Waals surface area contributed by atoms with Crippen molar-refractivity contribution in [1.82, 2.24) is 9.55 Å². The lowest BCUT2D eigenvalue weighted by Crippen LogP contribution is -2.38. The minimum atomic E-state index is -0.926. The van der Waals surface area contributed by atoms with Crippen LogP contribution in [0.2, 0.25) is 0 Å². The standard InChI is InChI=1S/C10H15N3O4/c1-10(2,11)9-12-5(8(16)17-4)6(14)7(15)13(9)3/h14H,11H2,1-4H3. The fraction of sp³-hybridized carbons (Fsp3) is 0.500. The minimum Gasteiger partial charge on any atom is -0.501 e. The van der Waals surface area contributed by atoms with Gasteiger partial charge in [0.2, 0.25) is 5.75 Å². The Kier molecular flexibility index (Phi) is 3.23. The van der Waals surface area contributed by atoms with Gasteiger partial charge in [-0.2, -0.15) is 0 Å². The van der Waals surface area contributed by atoms with E-state index >= 15 is 0 Å². The molecule has 7 heteroatoms. The van der Waals surface area contributed by atoms with Crippen LogP contribution in [0, 0.1) is 0 Å². The first kappa shape index (κ1) is 13.2. The molecule has 3 N–H and O–H groups in total. The smallest absolute Gasteiger partial charge is 0.360 e. The highest BCUT2D eigenvalue weighted by atomic mass is 16.5. The molecule has 17 heavy (non-hydrogen) atoms. The van der Waals surface area contributed by atoms with Crippen molar-refractivity contribution in [1.29, 1.82) is 0 Å². The second kappa shape index (κ2) is 4.17. The Bertz CT molecular complexity index is 514. The van der Waals surface area contributed by atoms with Gasteiger partial charge in [0, 0.05) is 7.05 Å². The molecular weight excluding hydrogens is 226 g/mol. The van der Waals surface area contributed by atoms with Crippen LogP contribution < -0.4 is 11.3 Å². The zero-order valence-electron chi connectivity index (χ0n) is 10.1. The van der Waals surface area contributed by atoms with Gasteiger partial charge in [0.25, 0.3) is 5.56 Å². The summed E-state index contributed by atoms with van der Waals surface area (Å²) in [5, 5.41) is 9.53. The molecule has 0 aliphatic rings. The molecule has 1 rings (SSSR count). The molecule has 1 aromatic heterocycles. The SMILES string of the molecule is COC(=O)c1nc(C(C)(C)N)n(C)c(=O)c1O.